The molecule has 0 aromatic carbocycles. The second-order valence-electron chi connectivity index (χ2n) is 5.18. The Hall–Kier alpha value is -1.36. The Morgan fingerprint density at radius 2 is 2.11 bits per heavy atom. The Morgan fingerprint density at radius 1 is 1.37 bits per heavy atom. The first kappa shape index (κ1) is 14.1. The number of nitrogens with one attached hydrogen (secondary N) is 1. The molecule has 1 aliphatic rings. The molecule has 1 amide bonds. The number of hydrogen-bond acceptors (Lipinski definition) is 4. The first-order valence-electron chi connectivity index (χ1n) is 6.42. The van der Waals surface area contributed by atoms with Crippen molar-refractivity contribution in [2.75, 3.05) is 0 Å². The van der Waals surface area contributed by atoms with Gasteiger partial charge in [0.1, 0.15) is 4.75 Å². The van der Waals surface area contributed by atoms with Gasteiger partial charge in [-0.1, -0.05) is 31.7 Å². The number of thioether (sulfide) groups is 1. The molecule has 0 radical (unpaired) electrons. The Kier molecular flexibility index (Phi) is 3.94. The highest BCUT2D eigenvalue weighted by Crippen LogP contribution is 2.38. The molecule has 2 heterocycles. The van der Waals surface area contributed by atoms with Crippen molar-refractivity contribution < 1.29 is 4.79 Å². The fourth-order valence-corrected chi connectivity index (χ4v) is 2.93. The molecule has 2 atom stereocenters. The summed E-state index contributed by atoms with van der Waals surface area (Å²) in [6.45, 7) is 8.05. The molecule has 1 aromatic rings. The minimum Gasteiger partial charge on any atom is -0.304 e. The van der Waals surface area contributed by atoms with Crippen LogP contribution < -0.4 is 5.32 Å². The third kappa shape index (κ3) is 2.81. The first-order valence-corrected chi connectivity index (χ1v) is 7.24. The summed E-state index contributed by atoms with van der Waals surface area (Å²) in [4.78, 5) is 20.9. The van der Waals surface area contributed by atoms with Crippen LogP contribution in [-0.2, 0) is 4.79 Å². The van der Waals surface area contributed by atoms with Crippen molar-refractivity contribution in [3.8, 4) is 0 Å². The molecule has 0 bridgehead atoms. The van der Waals surface area contributed by atoms with Gasteiger partial charge in [-0.05, 0) is 31.9 Å². The maximum Gasteiger partial charge on any atom is 0.242 e. The first-order chi connectivity index (χ1) is 8.93. The van der Waals surface area contributed by atoms with Crippen molar-refractivity contribution in [1.82, 2.24) is 10.3 Å². The molecule has 102 valence electrons. The predicted octanol–water partition coefficient (Wildman–Crippen LogP) is 2.78. The monoisotopic (exact) mass is 277 g/mol. The molecule has 1 aromatic heterocycles. The topological polar surface area (TPSA) is 54.4 Å². The normalized spacial score (nSPS) is 26.8. The molecule has 0 spiro atoms. The number of aliphatic imine (C=N–C) groups is 1. The van der Waals surface area contributed by atoms with Gasteiger partial charge in [0, 0.05) is 6.20 Å². The largest absolute Gasteiger partial charge is 0.304 e. The van der Waals surface area contributed by atoms with Gasteiger partial charge in [0.15, 0.2) is 5.17 Å². The molecule has 1 aliphatic heterocycles. The van der Waals surface area contributed by atoms with Crippen LogP contribution in [0.1, 0.15) is 39.4 Å². The number of carbonyl (C=O) groups is 1. The van der Waals surface area contributed by atoms with Gasteiger partial charge in [-0.25, -0.2) is 0 Å². The predicted molar refractivity (Wildman–Crippen MR) is 79.1 cm³/mol. The number of amidine groups is 1. The van der Waals surface area contributed by atoms with Gasteiger partial charge in [-0.3, -0.25) is 14.8 Å². The summed E-state index contributed by atoms with van der Waals surface area (Å²) in [6, 6.07) is 5.71. The van der Waals surface area contributed by atoms with Crippen molar-refractivity contribution >= 4 is 22.8 Å². The molecular weight excluding hydrogens is 258 g/mol. The third-order valence-electron chi connectivity index (χ3n) is 3.51. The van der Waals surface area contributed by atoms with Crippen LogP contribution in [0.4, 0.5) is 0 Å². The summed E-state index contributed by atoms with van der Waals surface area (Å²) in [5.74, 6) is 0.301. The second-order valence-corrected chi connectivity index (χ2v) is 6.62. The molecule has 2 rings (SSSR count). The molecule has 5 heteroatoms. The van der Waals surface area contributed by atoms with Crippen LogP contribution in [0.2, 0.25) is 0 Å². The van der Waals surface area contributed by atoms with Gasteiger partial charge in [0.05, 0.1) is 11.7 Å². The fourth-order valence-electron chi connectivity index (χ4n) is 1.80. The Bertz CT molecular complexity index is 501. The molecule has 4 nitrogen and oxygen atoms in total. The van der Waals surface area contributed by atoms with E-state index in [1.807, 2.05) is 32.0 Å². The zero-order chi connectivity index (χ0) is 14.0. The average Bonchev–Trinajstić information content (AvgIpc) is 2.67. The van der Waals surface area contributed by atoms with E-state index >= 15 is 0 Å². The van der Waals surface area contributed by atoms with Crippen LogP contribution in [0.5, 0.6) is 0 Å². The SMILES string of the molecule is CC(C)[C@@]1(C)SC(=N[C@H](C)c2ccccn2)NC1=O. The fraction of sp³-hybridized carbons (Fsp3) is 0.500. The molecule has 0 saturated carbocycles. The van der Waals surface area contributed by atoms with Crippen molar-refractivity contribution in [2.24, 2.45) is 10.9 Å². The lowest BCUT2D eigenvalue weighted by Gasteiger charge is -2.22. The number of pyridine rings is 1. The Morgan fingerprint density at radius 3 is 2.63 bits per heavy atom. The third-order valence-corrected chi connectivity index (χ3v) is 4.99. The van der Waals surface area contributed by atoms with E-state index in [9.17, 15) is 4.79 Å². The van der Waals surface area contributed by atoms with Crippen LogP contribution in [0, 0.1) is 5.92 Å². The van der Waals surface area contributed by atoms with Crippen molar-refractivity contribution in [3.63, 3.8) is 0 Å². The number of rotatable bonds is 3. The maximum absolute atomic E-state index is 12.0. The number of aromatic nitrogens is 1. The lowest BCUT2D eigenvalue weighted by Crippen LogP contribution is -2.38. The highest BCUT2D eigenvalue weighted by Gasteiger charge is 2.45. The van der Waals surface area contributed by atoms with Crippen LogP contribution in [0.25, 0.3) is 0 Å². The number of carbonyl (C=O) groups excluding carboxylic acids is 1. The van der Waals surface area contributed by atoms with E-state index in [1.165, 1.54) is 11.8 Å². The van der Waals surface area contributed by atoms with E-state index in [1.54, 1.807) is 6.20 Å². The molecular formula is C14H19N3OS. The van der Waals surface area contributed by atoms with Crippen molar-refractivity contribution in [2.45, 2.75) is 38.5 Å². The number of amides is 1. The lowest BCUT2D eigenvalue weighted by atomic mass is 9.96. The van der Waals surface area contributed by atoms with Gasteiger partial charge < -0.3 is 5.32 Å². The smallest absolute Gasteiger partial charge is 0.242 e. The van der Waals surface area contributed by atoms with Gasteiger partial charge in [0.25, 0.3) is 0 Å². The van der Waals surface area contributed by atoms with Gasteiger partial charge in [0.2, 0.25) is 5.91 Å². The van der Waals surface area contributed by atoms with Crippen LogP contribution in [0.3, 0.4) is 0 Å². The maximum atomic E-state index is 12.0. The average molecular weight is 277 g/mol. The zero-order valence-electron chi connectivity index (χ0n) is 11.7. The minimum absolute atomic E-state index is 0.0412. The van der Waals surface area contributed by atoms with Crippen molar-refractivity contribution in [1.29, 1.82) is 0 Å². The summed E-state index contributed by atoms with van der Waals surface area (Å²) in [6.07, 6.45) is 1.75. The summed E-state index contributed by atoms with van der Waals surface area (Å²) in [5.41, 5.74) is 0.906. The molecule has 0 aliphatic carbocycles. The molecule has 19 heavy (non-hydrogen) atoms. The number of hydrogen-bond donors (Lipinski definition) is 1. The van der Waals surface area contributed by atoms with Crippen LogP contribution in [0.15, 0.2) is 29.4 Å². The van der Waals surface area contributed by atoms with E-state index < -0.39 is 4.75 Å². The van der Waals surface area contributed by atoms with E-state index in [4.69, 9.17) is 0 Å². The highest BCUT2D eigenvalue weighted by molar-refractivity contribution is 8.16. The molecule has 1 N–H and O–H groups in total. The standard InChI is InChI=1S/C14H19N3OS/c1-9(2)14(4)12(18)17-13(19-14)16-10(3)11-7-5-6-8-15-11/h5-10H,1-4H3,(H,16,17,18)/t10-,14-/m1/s1. The summed E-state index contributed by atoms with van der Waals surface area (Å²) < 4.78 is -0.428. The summed E-state index contributed by atoms with van der Waals surface area (Å²) in [7, 11) is 0. The lowest BCUT2D eigenvalue weighted by molar-refractivity contribution is -0.122. The van der Waals surface area contributed by atoms with E-state index in [0.29, 0.717) is 5.17 Å². The van der Waals surface area contributed by atoms with E-state index in [-0.39, 0.29) is 17.9 Å². The zero-order valence-corrected chi connectivity index (χ0v) is 12.5. The van der Waals surface area contributed by atoms with Gasteiger partial charge in [-0.15, -0.1) is 0 Å². The van der Waals surface area contributed by atoms with E-state index in [2.05, 4.69) is 29.1 Å². The van der Waals surface area contributed by atoms with Gasteiger partial charge in [-0.2, -0.15) is 0 Å². The van der Waals surface area contributed by atoms with E-state index in [0.717, 1.165) is 5.69 Å². The molecule has 1 saturated heterocycles. The summed E-state index contributed by atoms with van der Waals surface area (Å²) in [5, 5.41) is 3.57. The van der Waals surface area contributed by atoms with Crippen LogP contribution >= 0.6 is 11.8 Å². The minimum atomic E-state index is -0.428. The van der Waals surface area contributed by atoms with Crippen molar-refractivity contribution in [3.05, 3.63) is 30.1 Å². The molecule has 0 unspecified atom stereocenters. The Balaban J connectivity index is 2.17. The summed E-state index contributed by atoms with van der Waals surface area (Å²) >= 11 is 1.51. The number of nitrogens with zero attached hydrogens (tertiary/aromatic N) is 2. The second kappa shape index (κ2) is 5.33. The molecule has 1 fully saturated rings. The highest BCUT2D eigenvalue weighted by atomic mass is 32.2. The van der Waals surface area contributed by atoms with Crippen LogP contribution in [-0.4, -0.2) is 20.8 Å². The van der Waals surface area contributed by atoms with Gasteiger partial charge >= 0.3 is 0 Å². The quantitative estimate of drug-likeness (QED) is 0.924. The Labute approximate surface area is 118 Å².